The standard InChI is InChI=1S/C25H23FN2O5S/c1-5-33-24(30)21-14(2)27-25-28(22(21)16-10-11-18(31-3)19(12-16)32-4)23(29)20(34-25)13-15-8-6-7-9-17(15)26/h6-13,22H,5H2,1-4H3/b20-13-. The normalized spacial score (nSPS) is 15.6. The summed E-state index contributed by atoms with van der Waals surface area (Å²) in [5.74, 6) is -0.0389. The zero-order valence-electron chi connectivity index (χ0n) is 19.1. The van der Waals surface area contributed by atoms with Crippen molar-refractivity contribution < 1.29 is 23.4 Å². The summed E-state index contributed by atoms with van der Waals surface area (Å²) in [5.41, 5.74) is 1.21. The Kier molecular flexibility index (Phi) is 6.65. The van der Waals surface area contributed by atoms with Gasteiger partial charge in [0.25, 0.3) is 5.56 Å². The molecule has 0 aliphatic carbocycles. The van der Waals surface area contributed by atoms with Crippen molar-refractivity contribution in [3.8, 4) is 11.5 Å². The lowest BCUT2D eigenvalue weighted by Gasteiger charge is -2.25. The van der Waals surface area contributed by atoms with E-state index in [0.717, 1.165) is 11.3 Å². The van der Waals surface area contributed by atoms with Crippen LogP contribution in [0, 0.1) is 5.82 Å². The number of thiazole rings is 1. The molecule has 176 valence electrons. The van der Waals surface area contributed by atoms with Gasteiger partial charge in [0.2, 0.25) is 0 Å². The van der Waals surface area contributed by atoms with Crippen LogP contribution in [-0.4, -0.2) is 31.4 Å². The van der Waals surface area contributed by atoms with Crippen molar-refractivity contribution in [3.63, 3.8) is 0 Å². The number of hydrogen-bond acceptors (Lipinski definition) is 7. The first-order chi connectivity index (χ1) is 16.4. The molecule has 1 atom stereocenters. The van der Waals surface area contributed by atoms with Crippen LogP contribution in [0.5, 0.6) is 11.5 Å². The number of carbonyl (C=O) groups is 1. The number of benzene rings is 2. The number of rotatable bonds is 6. The van der Waals surface area contributed by atoms with E-state index in [2.05, 4.69) is 4.99 Å². The molecule has 0 saturated carbocycles. The maximum Gasteiger partial charge on any atom is 0.338 e. The molecule has 9 heteroatoms. The fourth-order valence-corrected chi connectivity index (χ4v) is 4.90. The number of allylic oxidation sites excluding steroid dienone is 1. The third-order valence-electron chi connectivity index (χ3n) is 5.43. The Labute approximate surface area is 199 Å². The van der Waals surface area contributed by atoms with E-state index >= 15 is 0 Å². The molecule has 1 aliphatic heterocycles. The van der Waals surface area contributed by atoms with Crippen molar-refractivity contribution in [2.75, 3.05) is 20.8 Å². The maximum absolute atomic E-state index is 14.2. The van der Waals surface area contributed by atoms with Crippen molar-refractivity contribution in [2.24, 2.45) is 4.99 Å². The van der Waals surface area contributed by atoms with Crippen LogP contribution in [0.25, 0.3) is 6.08 Å². The smallest absolute Gasteiger partial charge is 0.338 e. The maximum atomic E-state index is 14.2. The van der Waals surface area contributed by atoms with Crippen LogP contribution in [0.2, 0.25) is 0 Å². The van der Waals surface area contributed by atoms with E-state index < -0.39 is 17.8 Å². The second-order valence-electron chi connectivity index (χ2n) is 7.44. The molecule has 4 rings (SSSR count). The highest BCUT2D eigenvalue weighted by Gasteiger charge is 2.33. The van der Waals surface area contributed by atoms with Crippen molar-refractivity contribution >= 4 is 23.4 Å². The number of aromatic nitrogens is 1. The molecule has 2 aromatic carbocycles. The molecule has 0 amide bonds. The summed E-state index contributed by atoms with van der Waals surface area (Å²) < 4.78 is 32.1. The van der Waals surface area contributed by atoms with Crippen molar-refractivity contribution in [3.05, 3.63) is 90.4 Å². The van der Waals surface area contributed by atoms with Crippen LogP contribution in [0.15, 0.2) is 63.5 Å². The van der Waals surface area contributed by atoms with Crippen molar-refractivity contribution in [1.29, 1.82) is 0 Å². The van der Waals surface area contributed by atoms with Gasteiger partial charge in [-0.25, -0.2) is 14.2 Å². The Morgan fingerprint density at radius 3 is 2.59 bits per heavy atom. The Hall–Kier alpha value is -3.72. The Morgan fingerprint density at radius 2 is 1.91 bits per heavy atom. The molecular weight excluding hydrogens is 459 g/mol. The minimum absolute atomic E-state index is 0.173. The molecule has 0 radical (unpaired) electrons. The largest absolute Gasteiger partial charge is 0.493 e. The first-order valence-electron chi connectivity index (χ1n) is 10.6. The van der Waals surface area contributed by atoms with Gasteiger partial charge in [-0.3, -0.25) is 9.36 Å². The first kappa shape index (κ1) is 23.4. The summed E-state index contributed by atoms with van der Waals surface area (Å²) in [5, 5.41) is 0. The summed E-state index contributed by atoms with van der Waals surface area (Å²) in [6.07, 6.45) is 1.49. The summed E-state index contributed by atoms with van der Waals surface area (Å²) in [6, 6.07) is 10.6. The number of ether oxygens (including phenoxy) is 3. The van der Waals surface area contributed by atoms with Gasteiger partial charge in [-0.2, -0.15) is 0 Å². The van der Waals surface area contributed by atoms with E-state index in [0.29, 0.717) is 32.1 Å². The quantitative estimate of drug-likeness (QED) is 0.505. The molecule has 1 aromatic heterocycles. The average Bonchev–Trinajstić information content (AvgIpc) is 3.13. The van der Waals surface area contributed by atoms with Gasteiger partial charge in [0.1, 0.15) is 5.82 Å². The molecule has 0 bridgehead atoms. The van der Waals surface area contributed by atoms with E-state index in [1.807, 2.05) is 0 Å². The van der Waals surface area contributed by atoms with Gasteiger partial charge >= 0.3 is 5.97 Å². The topological polar surface area (TPSA) is 79.1 Å². The molecular formula is C25H23FN2O5S. The highest BCUT2D eigenvalue weighted by atomic mass is 32.1. The second-order valence-corrected chi connectivity index (χ2v) is 8.45. The highest BCUT2D eigenvalue weighted by Crippen LogP contribution is 2.36. The first-order valence-corrected chi connectivity index (χ1v) is 11.4. The number of hydrogen-bond donors (Lipinski definition) is 0. The molecule has 3 aromatic rings. The number of halogens is 1. The van der Waals surface area contributed by atoms with Gasteiger partial charge in [-0.15, -0.1) is 0 Å². The zero-order valence-corrected chi connectivity index (χ0v) is 19.9. The van der Waals surface area contributed by atoms with Crippen molar-refractivity contribution in [1.82, 2.24) is 4.57 Å². The number of nitrogens with zero attached hydrogens (tertiary/aromatic N) is 2. The van der Waals surface area contributed by atoms with E-state index in [1.54, 1.807) is 50.2 Å². The van der Waals surface area contributed by atoms with Crippen LogP contribution >= 0.6 is 11.3 Å². The molecule has 0 fully saturated rings. The summed E-state index contributed by atoms with van der Waals surface area (Å²) in [6.45, 7) is 3.59. The number of carbonyl (C=O) groups excluding carboxylic acids is 1. The molecule has 34 heavy (non-hydrogen) atoms. The average molecular weight is 483 g/mol. The summed E-state index contributed by atoms with van der Waals surface area (Å²) in [7, 11) is 3.03. The minimum atomic E-state index is -0.808. The predicted octanol–water partition coefficient (Wildman–Crippen LogP) is 2.95. The Balaban J connectivity index is 1.99. The highest BCUT2D eigenvalue weighted by molar-refractivity contribution is 7.07. The van der Waals surface area contributed by atoms with E-state index in [9.17, 15) is 14.0 Å². The molecule has 1 aliphatic rings. The van der Waals surface area contributed by atoms with Gasteiger partial charge < -0.3 is 14.2 Å². The minimum Gasteiger partial charge on any atom is -0.493 e. The molecule has 1 unspecified atom stereocenters. The molecule has 2 heterocycles. The number of methoxy groups -OCH3 is 2. The van der Waals surface area contributed by atoms with Gasteiger partial charge in [-0.1, -0.05) is 35.6 Å². The number of fused-ring (bicyclic) bond motifs is 1. The summed E-state index contributed by atoms with van der Waals surface area (Å²) in [4.78, 5) is 31.4. The van der Waals surface area contributed by atoms with Crippen LogP contribution in [0.4, 0.5) is 4.39 Å². The van der Waals surface area contributed by atoms with Crippen molar-refractivity contribution in [2.45, 2.75) is 19.9 Å². The second kappa shape index (κ2) is 9.64. The molecule has 7 nitrogen and oxygen atoms in total. The Morgan fingerprint density at radius 1 is 1.18 bits per heavy atom. The van der Waals surface area contributed by atoms with Crippen LogP contribution in [0.3, 0.4) is 0 Å². The summed E-state index contributed by atoms with van der Waals surface area (Å²) >= 11 is 1.13. The fraction of sp³-hybridized carbons (Fsp3) is 0.240. The third-order valence-corrected chi connectivity index (χ3v) is 6.42. The SMILES string of the molecule is CCOC(=O)C1=C(C)N=c2s/c(=C\c3ccccc3F)c(=O)n2C1c1ccc(OC)c(OC)c1. The molecule has 0 spiro atoms. The van der Waals surface area contributed by atoms with Crippen LogP contribution in [0.1, 0.15) is 31.0 Å². The van der Waals surface area contributed by atoms with E-state index in [-0.39, 0.29) is 23.3 Å². The predicted molar refractivity (Wildman–Crippen MR) is 126 cm³/mol. The van der Waals surface area contributed by atoms with Gasteiger partial charge in [-0.05, 0) is 43.7 Å². The van der Waals surface area contributed by atoms with Gasteiger partial charge in [0.05, 0.1) is 42.7 Å². The van der Waals surface area contributed by atoms with Gasteiger partial charge in [0, 0.05) is 5.56 Å². The fourth-order valence-electron chi connectivity index (χ4n) is 3.86. The lowest BCUT2D eigenvalue weighted by Crippen LogP contribution is -2.40. The third kappa shape index (κ3) is 4.14. The van der Waals surface area contributed by atoms with E-state index in [4.69, 9.17) is 14.2 Å². The molecule has 0 N–H and O–H groups in total. The zero-order chi connectivity index (χ0) is 24.4. The molecule has 0 saturated heterocycles. The van der Waals surface area contributed by atoms with Crippen LogP contribution < -0.4 is 24.4 Å². The monoisotopic (exact) mass is 482 g/mol. The lowest BCUT2D eigenvalue weighted by molar-refractivity contribution is -0.139. The van der Waals surface area contributed by atoms with Crippen LogP contribution in [-0.2, 0) is 9.53 Å². The van der Waals surface area contributed by atoms with Gasteiger partial charge in [0.15, 0.2) is 16.3 Å². The Bertz CT molecular complexity index is 1470. The lowest BCUT2D eigenvalue weighted by atomic mass is 9.95. The van der Waals surface area contributed by atoms with E-state index in [1.165, 1.54) is 30.9 Å². The number of esters is 1.